The van der Waals surface area contributed by atoms with E-state index in [1.807, 2.05) is 36.1 Å². The van der Waals surface area contributed by atoms with Gasteiger partial charge in [0.15, 0.2) is 0 Å². The first kappa shape index (κ1) is 15.5. The number of hydrogen-bond acceptors (Lipinski definition) is 3. The smallest absolute Gasteiger partial charge is 0.254 e. The first-order valence-corrected chi connectivity index (χ1v) is 8.11. The summed E-state index contributed by atoms with van der Waals surface area (Å²) in [5.74, 6) is 0.780. The van der Waals surface area contributed by atoms with Crippen LogP contribution in [0.5, 0.6) is 0 Å². The second kappa shape index (κ2) is 6.39. The van der Waals surface area contributed by atoms with E-state index < -0.39 is 0 Å². The summed E-state index contributed by atoms with van der Waals surface area (Å²) in [5.41, 5.74) is 1.80. The molecule has 1 amide bonds. The molecule has 0 N–H and O–H groups in total. The molecule has 2 heterocycles. The van der Waals surface area contributed by atoms with Crippen LogP contribution < -0.4 is 0 Å². The van der Waals surface area contributed by atoms with Gasteiger partial charge in [0.05, 0.1) is 13.1 Å². The van der Waals surface area contributed by atoms with E-state index in [9.17, 15) is 4.79 Å². The van der Waals surface area contributed by atoms with Crippen LogP contribution in [0.2, 0.25) is 0 Å². The standard InChI is InChI=1S/C18H25NO3/c1-14-4-3-5-16(10-14)17(20)19-12-18(13-19)11-15(6-8-21-2)7-9-22-18/h3-5,10,15H,6-9,11-13H2,1-2H3/t15-/m0/s1. The quantitative estimate of drug-likeness (QED) is 0.858. The van der Waals surface area contributed by atoms with E-state index >= 15 is 0 Å². The number of amides is 1. The Morgan fingerprint density at radius 1 is 1.45 bits per heavy atom. The largest absolute Gasteiger partial charge is 0.385 e. The van der Waals surface area contributed by atoms with E-state index in [2.05, 4.69) is 0 Å². The van der Waals surface area contributed by atoms with E-state index in [4.69, 9.17) is 9.47 Å². The Morgan fingerprint density at radius 3 is 3.00 bits per heavy atom. The van der Waals surface area contributed by atoms with Crippen molar-refractivity contribution >= 4 is 5.91 Å². The van der Waals surface area contributed by atoms with Gasteiger partial charge in [-0.3, -0.25) is 4.79 Å². The fourth-order valence-electron chi connectivity index (χ4n) is 3.63. The molecule has 2 aliphatic rings. The number of aryl methyl sites for hydroxylation is 1. The number of likely N-dealkylation sites (tertiary alicyclic amines) is 1. The van der Waals surface area contributed by atoms with Crippen LogP contribution in [0.25, 0.3) is 0 Å². The summed E-state index contributed by atoms with van der Waals surface area (Å²) < 4.78 is 11.2. The van der Waals surface area contributed by atoms with Gasteiger partial charge < -0.3 is 14.4 Å². The highest BCUT2D eigenvalue weighted by Gasteiger charge is 2.49. The molecule has 0 bridgehead atoms. The van der Waals surface area contributed by atoms with Crippen molar-refractivity contribution in [2.45, 2.75) is 31.8 Å². The number of hydrogen-bond donors (Lipinski definition) is 0. The van der Waals surface area contributed by atoms with Gasteiger partial charge in [0.25, 0.3) is 5.91 Å². The molecule has 4 heteroatoms. The van der Waals surface area contributed by atoms with Crippen LogP contribution in [0.3, 0.4) is 0 Å². The molecule has 0 radical (unpaired) electrons. The third-order valence-electron chi connectivity index (χ3n) is 4.84. The first-order valence-electron chi connectivity index (χ1n) is 8.11. The van der Waals surface area contributed by atoms with Crippen LogP contribution >= 0.6 is 0 Å². The molecule has 1 aromatic rings. The third kappa shape index (κ3) is 3.18. The summed E-state index contributed by atoms with van der Waals surface area (Å²) in [4.78, 5) is 14.4. The molecular weight excluding hydrogens is 278 g/mol. The van der Waals surface area contributed by atoms with Crippen molar-refractivity contribution in [1.29, 1.82) is 0 Å². The highest BCUT2D eigenvalue weighted by atomic mass is 16.5. The Kier molecular flexibility index (Phi) is 4.50. The van der Waals surface area contributed by atoms with Gasteiger partial charge in [-0.1, -0.05) is 17.7 Å². The zero-order valence-electron chi connectivity index (χ0n) is 13.5. The minimum absolute atomic E-state index is 0.101. The molecular formula is C18H25NO3. The van der Waals surface area contributed by atoms with Gasteiger partial charge in [-0.15, -0.1) is 0 Å². The predicted octanol–water partition coefficient (Wildman–Crippen LogP) is 2.65. The summed E-state index contributed by atoms with van der Waals surface area (Å²) >= 11 is 0. The summed E-state index contributed by atoms with van der Waals surface area (Å²) in [6.07, 6.45) is 3.25. The van der Waals surface area contributed by atoms with Crippen LogP contribution in [0, 0.1) is 12.8 Å². The van der Waals surface area contributed by atoms with Crippen molar-refractivity contribution in [3.05, 3.63) is 35.4 Å². The lowest BCUT2D eigenvalue weighted by molar-refractivity contribution is -0.167. The number of rotatable bonds is 4. The predicted molar refractivity (Wildman–Crippen MR) is 85.0 cm³/mol. The maximum absolute atomic E-state index is 12.5. The van der Waals surface area contributed by atoms with Gasteiger partial charge in [-0.25, -0.2) is 0 Å². The first-order chi connectivity index (χ1) is 10.6. The van der Waals surface area contributed by atoms with E-state index in [1.54, 1.807) is 7.11 Å². The molecule has 2 fully saturated rings. The lowest BCUT2D eigenvalue weighted by atomic mass is 9.79. The van der Waals surface area contributed by atoms with E-state index in [0.29, 0.717) is 5.92 Å². The highest BCUT2D eigenvalue weighted by Crippen LogP contribution is 2.38. The monoisotopic (exact) mass is 303 g/mol. The molecule has 2 saturated heterocycles. The van der Waals surface area contributed by atoms with Crippen molar-refractivity contribution in [2.24, 2.45) is 5.92 Å². The Balaban J connectivity index is 1.57. The Bertz CT molecular complexity index is 537. The number of benzene rings is 1. The summed E-state index contributed by atoms with van der Waals surface area (Å²) in [5, 5.41) is 0. The number of ether oxygens (including phenoxy) is 2. The number of nitrogens with zero attached hydrogens (tertiary/aromatic N) is 1. The van der Waals surface area contributed by atoms with Gasteiger partial charge >= 0.3 is 0 Å². The molecule has 0 unspecified atom stereocenters. The molecule has 1 spiro atoms. The average molecular weight is 303 g/mol. The zero-order valence-corrected chi connectivity index (χ0v) is 13.5. The minimum Gasteiger partial charge on any atom is -0.385 e. The van der Waals surface area contributed by atoms with Gasteiger partial charge in [0.1, 0.15) is 5.60 Å². The normalized spacial score (nSPS) is 23.4. The maximum atomic E-state index is 12.5. The molecule has 1 atom stereocenters. The molecule has 22 heavy (non-hydrogen) atoms. The lowest BCUT2D eigenvalue weighted by Crippen LogP contribution is -2.66. The second-order valence-corrected chi connectivity index (χ2v) is 6.70. The molecule has 0 saturated carbocycles. The maximum Gasteiger partial charge on any atom is 0.254 e. The molecule has 0 aliphatic carbocycles. The van der Waals surface area contributed by atoms with Crippen molar-refractivity contribution in [3.8, 4) is 0 Å². The van der Waals surface area contributed by atoms with Crippen molar-refractivity contribution in [1.82, 2.24) is 4.90 Å². The second-order valence-electron chi connectivity index (χ2n) is 6.70. The number of methoxy groups -OCH3 is 1. The molecule has 120 valence electrons. The third-order valence-corrected chi connectivity index (χ3v) is 4.84. The van der Waals surface area contributed by atoms with Crippen LogP contribution in [-0.4, -0.2) is 49.8 Å². The molecule has 4 nitrogen and oxygen atoms in total. The minimum atomic E-state index is -0.101. The van der Waals surface area contributed by atoms with Crippen LogP contribution in [0.1, 0.15) is 35.2 Å². The Labute approximate surface area is 132 Å². The van der Waals surface area contributed by atoms with E-state index in [-0.39, 0.29) is 11.5 Å². The van der Waals surface area contributed by atoms with Crippen LogP contribution in [0.4, 0.5) is 0 Å². The summed E-state index contributed by atoms with van der Waals surface area (Å²) in [7, 11) is 1.75. The SMILES string of the molecule is COCC[C@H]1CCOC2(C1)CN(C(=O)c1cccc(C)c1)C2. The fourth-order valence-corrected chi connectivity index (χ4v) is 3.63. The van der Waals surface area contributed by atoms with Crippen molar-refractivity contribution in [3.63, 3.8) is 0 Å². The Hall–Kier alpha value is -1.39. The van der Waals surface area contributed by atoms with Gasteiger partial charge in [0.2, 0.25) is 0 Å². The number of carbonyl (C=O) groups excluding carboxylic acids is 1. The Morgan fingerprint density at radius 2 is 2.27 bits per heavy atom. The highest BCUT2D eigenvalue weighted by molar-refractivity contribution is 5.95. The van der Waals surface area contributed by atoms with Gasteiger partial charge in [-0.2, -0.15) is 0 Å². The number of carbonyl (C=O) groups is 1. The lowest BCUT2D eigenvalue weighted by Gasteiger charge is -2.53. The van der Waals surface area contributed by atoms with Crippen molar-refractivity contribution in [2.75, 3.05) is 33.4 Å². The fraction of sp³-hybridized carbons (Fsp3) is 0.611. The average Bonchev–Trinajstić information content (AvgIpc) is 2.50. The van der Waals surface area contributed by atoms with Gasteiger partial charge in [-0.05, 0) is 44.2 Å². The van der Waals surface area contributed by atoms with Crippen LogP contribution in [-0.2, 0) is 9.47 Å². The zero-order chi connectivity index (χ0) is 15.6. The molecule has 2 aliphatic heterocycles. The molecule has 3 rings (SSSR count). The van der Waals surface area contributed by atoms with Crippen molar-refractivity contribution < 1.29 is 14.3 Å². The van der Waals surface area contributed by atoms with Crippen LogP contribution in [0.15, 0.2) is 24.3 Å². The summed E-state index contributed by atoms with van der Waals surface area (Å²) in [6, 6.07) is 7.80. The topological polar surface area (TPSA) is 38.8 Å². The van der Waals surface area contributed by atoms with E-state index in [0.717, 1.165) is 56.7 Å². The molecule has 1 aromatic carbocycles. The van der Waals surface area contributed by atoms with E-state index in [1.165, 1.54) is 0 Å². The molecule has 0 aromatic heterocycles. The van der Waals surface area contributed by atoms with Gasteiger partial charge in [0, 0.05) is 25.9 Å². The summed E-state index contributed by atoms with van der Waals surface area (Å²) in [6.45, 7) is 5.08.